The number of carbonyl (C=O) groups is 1. The maximum atomic E-state index is 13.2. The predicted octanol–water partition coefficient (Wildman–Crippen LogP) is 3.24. The number of hydrogen-bond donors (Lipinski definition) is 1. The largest absolute Gasteiger partial charge is 0.494 e. The molecule has 0 spiro atoms. The van der Waals surface area contributed by atoms with Crippen LogP contribution in [0.3, 0.4) is 0 Å². The molecule has 1 aromatic heterocycles. The summed E-state index contributed by atoms with van der Waals surface area (Å²) in [5.41, 5.74) is 0.859. The molecule has 0 aliphatic carbocycles. The Bertz CT molecular complexity index is 602. The van der Waals surface area contributed by atoms with Crippen LogP contribution in [0.5, 0.6) is 5.75 Å². The molecule has 2 aromatic rings. The number of rotatable bonds is 3. The minimum Gasteiger partial charge on any atom is -0.494 e. The normalized spacial score (nSPS) is 10.1. The van der Waals surface area contributed by atoms with E-state index in [-0.39, 0.29) is 11.7 Å². The molecule has 4 nitrogen and oxygen atoms in total. The number of nitrogens with one attached hydrogen (secondary N) is 1. The molecule has 0 aliphatic heterocycles. The number of pyridine rings is 1. The van der Waals surface area contributed by atoms with E-state index in [0.29, 0.717) is 15.9 Å². The maximum Gasteiger partial charge on any atom is 0.257 e. The Balaban J connectivity index is 2.17. The highest BCUT2D eigenvalue weighted by Gasteiger charge is 2.09. The van der Waals surface area contributed by atoms with Gasteiger partial charge in [0.15, 0.2) is 11.6 Å². The van der Waals surface area contributed by atoms with Crippen LogP contribution >= 0.6 is 15.9 Å². The maximum absolute atomic E-state index is 13.2. The van der Waals surface area contributed by atoms with E-state index in [1.54, 1.807) is 12.1 Å². The van der Waals surface area contributed by atoms with Gasteiger partial charge >= 0.3 is 0 Å². The van der Waals surface area contributed by atoms with Crippen molar-refractivity contribution in [2.24, 2.45) is 0 Å². The van der Waals surface area contributed by atoms with E-state index in [1.165, 1.54) is 31.5 Å². The molecule has 0 unspecified atom stereocenters. The zero-order valence-corrected chi connectivity index (χ0v) is 11.6. The standard InChI is InChI=1S/C13H10BrFN2O2/c1-19-11-6-9(3-4-10(11)15)17-13(18)8-2-5-12(14)16-7-8/h2-7H,1H3,(H,17,18). The molecule has 1 aromatic carbocycles. The quantitative estimate of drug-likeness (QED) is 0.882. The van der Waals surface area contributed by atoms with Crippen molar-refractivity contribution in [2.45, 2.75) is 0 Å². The van der Waals surface area contributed by atoms with E-state index in [0.717, 1.165) is 0 Å². The van der Waals surface area contributed by atoms with Gasteiger partial charge in [0.25, 0.3) is 5.91 Å². The first-order valence-corrected chi connectivity index (χ1v) is 6.16. The number of halogens is 2. The van der Waals surface area contributed by atoms with E-state index in [4.69, 9.17) is 4.74 Å². The lowest BCUT2D eigenvalue weighted by Crippen LogP contribution is -2.12. The summed E-state index contributed by atoms with van der Waals surface area (Å²) in [6, 6.07) is 7.41. The van der Waals surface area contributed by atoms with Crippen LogP contribution in [0.15, 0.2) is 41.1 Å². The van der Waals surface area contributed by atoms with Crippen molar-refractivity contribution in [3.05, 3.63) is 52.5 Å². The summed E-state index contributed by atoms with van der Waals surface area (Å²) in [6.07, 6.45) is 1.44. The number of carbonyl (C=O) groups excluding carboxylic acids is 1. The van der Waals surface area contributed by atoms with Crippen LogP contribution < -0.4 is 10.1 Å². The van der Waals surface area contributed by atoms with Gasteiger partial charge in [0.1, 0.15) is 4.60 Å². The second-order valence-corrected chi connectivity index (χ2v) is 4.49. The molecule has 0 radical (unpaired) electrons. The summed E-state index contributed by atoms with van der Waals surface area (Å²) < 4.78 is 18.7. The van der Waals surface area contributed by atoms with Gasteiger partial charge in [-0.1, -0.05) is 0 Å². The number of aromatic nitrogens is 1. The van der Waals surface area contributed by atoms with Gasteiger partial charge in [-0.05, 0) is 40.2 Å². The van der Waals surface area contributed by atoms with Crippen molar-refractivity contribution < 1.29 is 13.9 Å². The fraction of sp³-hybridized carbons (Fsp3) is 0.0769. The summed E-state index contributed by atoms with van der Waals surface area (Å²) in [4.78, 5) is 15.9. The highest BCUT2D eigenvalue weighted by molar-refractivity contribution is 9.10. The van der Waals surface area contributed by atoms with Crippen LogP contribution in [0.1, 0.15) is 10.4 Å². The van der Waals surface area contributed by atoms with E-state index in [9.17, 15) is 9.18 Å². The van der Waals surface area contributed by atoms with E-state index < -0.39 is 5.82 Å². The summed E-state index contributed by atoms with van der Waals surface area (Å²) in [5.74, 6) is -0.730. The molecule has 0 aliphatic rings. The second-order valence-electron chi connectivity index (χ2n) is 3.67. The third-order valence-corrected chi connectivity index (χ3v) is 2.87. The van der Waals surface area contributed by atoms with Crippen molar-refractivity contribution in [1.82, 2.24) is 4.98 Å². The van der Waals surface area contributed by atoms with Gasteiger partial charge in [-0.15, -0.1) is 0 Å². The molecule has 1 amide bonds. The number of methoxy groups -OCH3 is 1. The molecule has 1 heterocycles. The molecule has 2 rings (SSSR count). The minimum absolute atomic E-state index is 0.0757. The second kappa shape index (κ2) is 5.79. The molecule has 0 saturated carbocycles. The first kappa shape index (κ1) is 13.5. The lowest BCUT2D eigenvalue weighted by molar-refractivity contribution is 0.102. The molecule has 0 fully saturated rings. The molecule has 1 N–H and O–H groups in total. The number of amides is 1. The smallest absolute Gasteiger partial charge is 0.257 e. The highest BCUT2D eigenvalue weighted by atomic mass is 79.9. The van der Waals surface area contributed by atoms with E-state index in [1.807, 2.05) is 0 Å². The molecule has 0 atom stereocenters. The topological polar surface area (TPSA) is 51.2 Å². The van der Waals surface area contributed by atoms with Crippen LogP contribution in [0.2, 0.25) is 0 Å². The molecule has 6 heteroatoms. The van der Waals surface area contributed by atoms with Crippen LogP contribution in [0.4, 0.5) is 10.1 Å². The fourth-order valence-corrected chi connectivity index (χ4v) is 1.69. The molecular formula is C13H10BrFN2O2. The summed E-state index contributed by atoms with van der Waals surface area (Å²) >= 11 is 3.19. The van der Waals surface area contributed by atoms with Gasteiger partial charge in [-0.2, -0.15) is 0 Å². The first-order chi connectivity index (χ1) is 9.10. The number of ether oxygens (including phenoxy) is 1. The fourth-order valence-electron chi connectivity index (χ4n) is 1.45. The summed E-state index contributed by atoms with van der Waals surface area (Å²) in [6.45, 7) is 0. The molecule has 19 heavy (non-hydrogen) atoms. The average Bonchev–Trinajstić information content (AvgIpc) is 2.41. The molecule has 0 bridgehead atoms. The average molecular weight is 325 g/mol. The Morgan fingerprint density at radius 2 is 2.16 bits per heavy atom. The Labute approximate surface area is 117 Å². The van der Waals surface area contributed by atoms with Gasteiger partial charge < -0.3 is 10.1 Å². The monoisotopic (exact) mass is 324 g/mol. The van der Waals surface area contributed by atoms with Gasteiger partial charge in [0, 0.05) is 18.0 Å². The first-order valence-electron chi connectivity index (χ1n) is 5.36. The minimum atomic E-state index is -0.481. The SMILES string of the molecule is COc1cc(NC(=O)c2ccc(Br)nc2)ccc1F. The van der Waals surface area contributed by atoms with E-state index in [2.05, 4.69) is 26.2 Å². The predicted molar refractivity (Wildman–Crippen MR) is 72.8 cm³/mol. The van der Waals surface area contributed by atoms with Gasteiger partial charge in [-0.25, -0.2) is 9.37 Å². The Morgan fingerprint density at radius 1 is 1.37 bits per heavy atom. The van der Waals surface area contributed by atoms with Crippen molar-refractivity contribution >= 4 is 27.5 Å². The van der Waals surface area contributed by atoms with Crippen LogP contribution in [0.25, 0.3) is 0 Å². The zero-order valence-electron chi connectivity index (χ0n) is 9.98. The van der Waals surface area contributed by atoms with Crippen molar-refractivity contribution in [2.75, 3.05) is 12.4 Å². The third kappa shape index (κ3) is 3.29. The lowest BCUT2D eigenvalue weighted by Gasteiger charge is -2.07. The van der Waals surface area contributed by atoms with Crippen molar-refractivity contribution in [3.8, 4) is 5.75 Å². The van der Waals surface area contributed by atoms with Gasteiger partial charge in [0.05, 0.1) is 12.7 Å². The summed E-state index contributed by atoms with van der Waals surface area (Å²) in [5, 5.41) is 2.64. The third-order valence-electron chi connectivity index (χ3n) is 2.40. The number of hydrogen-bond acceptors (Lipinski definition) is 3. The summed E-state index contributed by atoms with van der Waals surface area (Å²) in [7, 11) is 1.36. The highest BCUT2D eigenvalue weighted by Crippen LogP contribution is 2.21. The lowest BCUT2D eigenvalue weighted by atomic mass is 10.2. The number of anilines is 1. The van der Waals surface area contributed by atoms with Crippen LogP contribution in [0, 0.1) is 5.82 Å². The number of nitrogens with zero attached hydrogens (tertiary/aromatic N) is 1. The van der Waals surface area contributed by atoms with Gasteiger partial charge in [0.2, 0.25) is 0 Å². The van der Waals surface area contributed by atoms with Crippen molar-refractivity contribution in [3.63, 3.8) is 0 Å². The molecule has 98 valence electrons. The Hall–Kier alpha value is -1.95. The zero-order chi connectivity index (χ0) is 13.8. The van der Waals surface area contributed by atoms with Crippen molar-refractivity contribution in [1.29, 1.82) is 0 Å². The van der Waals surface area contributed by atoms with Crippen LogP contribution in [-0.4, -0.2) is 18.0 Å². The Kier molecular flexibility index (Phi) is 4.11. The van der Waals surface area contributed by atoms with Crippen LogP contribution in [-0.2, 0) is 0 Å². The van der Waals surface area contributed by atoms with Gasteiger partial charge in [-0.3, -0.25) is 4.79 Å². The molecular weight excluding hydrogens is 315 g/mol. The Morgan fingerprint density at radius 3 is 2.79 bits per heavy atom. The molecule has 0 saturated heterocycles. The van der Waals surface area contributed by atoms with E-state index >= 15 is 0 Å². The number of benzene rings is 1.